The van der Waals surface area contributed by atoms with Crippen LogP contribution in [-0.2, 0) is 6.54 Å². The summed E-state index contributed by atoms with van der Waals surface area (Å²) in [5.41, 5.74) is 2.60. The van der Waals surface area contributed by atoms with E-state index in [1.807, 2.05) is 4.90 Å². The molecule has 122 valence electrons. The van der Waals surface area contributed by atoms with Gasteiger partial charge >= 0.3 is 0 Å². The molecule has 0 saturated carbocycles. The second-order valence-corrected chi connectivity index (χ2v) is 6.54. The monoisotopic (exact) mass is 312 g/mol. The number of carbonyl (C=O) groups is 1. The largest absolute Gasteiger partial charge is 0.459 e. The molecule has 4 heteroatoms. The second kappa shape index (κ2) is 6.59. The molecule has 0 radical (unpaired) electrons. The molecule has 0 bridgehead atoms. The van der Waals surface area contributed by atoms with Crippen molar-refractivity contribution < 1.29 is 9.21 Å². The van der Waals surface area contributed by atoms with Crippen LogP contribution < -0.4 is 0 Å². The Balaban J connectivity index is 1.67. The van der Waals surface area contributed by atoms with Gasteiger partial charge in [0.05, 0.1) is 6.26 Å². The molecule has 4 nitrogen and oxygen atoms in total. The van der Waals surface area contributed by atoms with Crippen molar-refractivity contribution in [3.63, 3.8) is 0 Å². The number of furan rings is 1. The van der Waals surface area contributed by atoms with Gasteiger partial charge in [-0.3, -0.25) is 9.69 Å². The van der Waals surface area contributed by atoms with E-state index < -0.39 is 0 Å². The number of carbonyl (C=O) groups excluding carboxylic acids is 1. The maximum atomic E-state index is 12.5. The second-order valence-electron chi connectivity index (χ2n) is 6.54. The summed E-state index contributed by atoms with van der Waals surface area (Å²) < 4.78 is 5.25. The standard InChI is InChI=1S/C19H24N2O2/c1-14-6-8-17(9-7-14)13-21-15(2)11-20(12-16(21)3)19(22)18-5-4-10-23-18/h4-10,15-16H,11-13H2,1-3H3. The first kappa shape index (κ1) is 15.8. The molecule has 0 N–H and O–H groups in total. The van der Waals surface area contributed by atoms with Crippen LogP contribution in [0.5, 0.6) is 0 Å². The van der Waals surface area contributed by atoms with Crippen molar-refractivity contribution in [1.82, 2.24) is 9.80 Å². The van der Waals surface area contributed by atoms with E-state index in [1.54, 1.807) is 18.4 Å². The smallest absolute Gasteiger partial charge is 0.289 e. The Hall–Kier alpha value is -2.07. The molecule has 23 heavy (non-hydrogen) atoms. The van der Waals surface area contributed by atoms with Gasteiger partial charge in [-0.1, -0.05) is 29.8 Å². The molecule has 1 amide bonds. The summed E-state index contributed by atoms with van der Waals surface area (Å²) in [4.78, 5) is 16.8. The van der Waals surface area contributed by atoms with E-state index in [0.29, 0.717) is 17.8 Å². The number of piperazine rings is 1. The van der Waals surface area contributed by atoms with Crippen LogP contribution in [0, 0.1) is 6.92 Å². The van der Waals surface area contributed by atoms with Crippen LogP contribution in [-0.4, -0.2) is 40.9 Å². The van der Waals surface area contributed by atoms with E-state index in [1.165, 1.54) is 11.1 Å². The normalized spacial score (nSPS) is 22.3. The Morgan fingerprint density at radius 1 is 1.13 bits per heavy atom. The summed E-state index contributed by atoms with van der Waals surface area (Å²) in [6.45, 7) is 8.86. The van der Waals surface area contributed by atoms with E-state index in [-0.39, 0.29) is 5.91 Å². The lowest BCUT2D eigenvalue weighted by atomic mass is 10.0. The third-order valence-electron chi connectivity index (χ3n) is 4.61. The third kappa shape index (κ3) is 3.48. The minimum Gasteiger partial charge on any atom is -0.459 e. The minimum atomic E-state index is -0.0105. The number of hydrogen-bond acceptors (Lipinski definition) is 3. The quantitative estimate of drug-likeness (QED) is 0.872. The van der Waals surface area contributed by atoms with Crippen LogP contribution in [0.3, 0.4) is 0 Å². The maximum absolute atomic E-state index is 12.5. The molecule has 2 atom stereocenters. The fourth-order valence-electron chi connectivity index (χ4n) is 3.29. The van der Waals surface area contributed by atoms with Crippen molar-refractivity contribution >= 4 is 5.91 Å². The van der Waals surface area contributed by atoms with Gasteiger partial charge in [0, 0.05) is 31.7 Å². The van der Waals surface area contributed by atoms with Gasteiger partial charge in [0.15, 0.2) is 5.76 Å². The van der Waals surface area contributed by atoms with Gasteiger partial charge < -0.3 is 9.32 Å². The molecule has 1 aliphatic heterocycles. The molecule has 1 aliphatic rings. The highest BCUT2D eigenvalue weighted by atomic mass is 16.3. The SMILES string of the molecule is Cc1ccc(CN2C(C)CN(C(=O)c3ccco3)CC2C)cc1. The van der Waals surface area contributed by atoms with Crippen LogP contribution in [0.4, 0.5) is 0 Å². The first-order valence-corrected chi connectivity index (χ1v) is 8.18. The Morgan fingerprint density at radius 3 is 2.35 bits per heavy atom. The number of hydrogen-bond donors (Lipinski definition) is 0. The van der Waals surface area contributed by atoms with Gasteiger partial charge in [-0.05, 0) is 38.5 Å². The van der Waals surface area contributed by atoms with Crippen LogP contribution in [0.15, 0.2) is 47.1 Å². The molecule has 1 aromatic carbocycles. The van der Waals surface area contributed by atoms with Gasteiger partial charge in [0.1, 0.15) is 0 Å². The average Bonchev–Trinajstić information content (AvgIpc) is 3.06. The van der Waals surface area contributed by atoms with E-state index >= 15 is 0 Å². The van der Waals surface area contributed by atoms with Crippen LogP contribution in [0.1, 0.15) is 35.5 Å². The zero-order valence-electron chi connectivity index (χ0n) is 14.0. The first-order valence-electron chi connectivity index (χ1n) is 8.18. The van der Waals surface area contributed by atoms with Gasteiger partial charge in [-0.2, -0.15) is 0 Å². The summed E-state index contributed by atoms with van der Waals surface area (Å²) in [7, 11) is 0. The molecule has 3 rings (SSSR count). The predicted molar refractivity (Wildman–Crippen MR) is 90.3 cm³/mol. The van der Waals surface area contributed by atoms with Gasteiger partial charge in [-0.25, -0.2) is 0 Å². The van der Waals surface area contributed by atoms with Crippen LogP contribution in [0.2, 0.25) is 0 Å². The molecule has 2 heterocycles. The molecule has 1 aromatic heterocycles. The molecule has 1 saturated heterocycles. The number of aryl methyl sites for hydroxylation is 1. The predicted octanol–water partition coefficient (Wildman–Crippen LogP) is 3.32. The zero-order chi connectivity index (χ0) is 16.4. The van der Waals surface area contributed by atoms with Gasteiger partial charge in [-0.15, -0.1) is 0 Å². The number of amides is 1. The van der Waals surface area contributed by atoms with Crippen molar-refractivity contribution in [3.8, 4) is 0 Å². The van der Waals surface area contributed by atoms with Crippen molar-refractivity contribution in [2.45, 2.75) is 39.4 Å². The van der Waals surface area contributed by atoms with E-state index in [0.717, 1.165) is 19.6 Å². The average molecular weight is 312 g/mol. The summed E-state index contributed by atoms with van der Waals surface area (Å²) in [6.07, 6.45) is 1.55. The number of rotatable bonds is 3. The van der Waals surface area contributed by atoms with Crippen molar-refractivity contribution in [2.75, 3.05) is 13.1 Å². The summed E-state index contributed by atoms with van der Waals surface area (Å²) >= 11 is 0. The third-order valence-corrected chi connectivity index (χ3v) is 4.61. The fraction of sp³-hybridized carbons (Fsp3) is 0.421. The minimum absolute atomic E-state index is 0.0105. The zero-order valence-corrected chi connectivity index (χ0v) is 14.0. The number of nitrogens with zero attached hydrogens (tertiary/aromatic N) is 2. The highest BCUT2D eigenvalue weighted by Gasteiger charge is 2.32. The van der Waals surface area contributed by atoms with Crippen LogP contribution >= 0.6 is 0 Å². The van der Waals surface area contributed by atoms with E-state index in [2.05, 4.69) is 49.9 Å². The molecule has 2 aromatic rings. The summed E-state index contributed by atoms with van der Waals surface area (Å²) in [6, 6.07) is 12.8. The lowest BCUT2D eigenvalue weighted by molar-refractivity contribution is 0.0250. The molecular weight excluding hydrogens is 288 g/mol. The topological polar surface area (TPSA) is 36.7 Å². The Kier molecular flexibility index (Phi) is 4.53. The van der Waals surface area contributed by atoms with Crippen molar-refractivity contribution in [2.24, 2.45) is 0 Å². The Morgan fingerprint density at radius 2 is 1.78 bits per heavy atom. The molecular formula is C19H24N2O2. The fourth-order valence-corrected chi connectivity index (χ4v) is 3.29. The first-order chi connectivity index (χ1) is 11.0. The highest BCUT2D eigenvalue weighted by molar-refractivity contribution is 5.91. The van der Waals surface area contributed by atoms with Crippen LogP contribution in [0.25, 0.3) is 0 Å². The molecule has 1 fully saturated rings. The van der Waals surface area contributed by atoms with Gasteiger partial charge in [0.25, 0.3) is 5.91 Å². The molecule has 0 aliphatic carbocycles. The Bertz CT molecular complexity index is 637. The van der Waals surface area contributed by atoms with E-state index in [4.69, 9.17) is 4.42 Å². The van der Waals surface area contributed by atoms with E-state index in [9.17, 15) is 4.79 Å². The number of benzene rings is 1. The lowest BCUT2D eigenvalue weighted by Gasteiger charge is -2.44. The molecule has 0 spiro atoms. The Labute approximate surface area is 137 Å². The molecule has 2 unspecified atom stereocenters. The summed E-state index contributed by atoms with van der Waals surface area (Å²) in [5.74, 6) is 0.417. The maximum Gasteiger partial charge on any atom is 0.289 e. The van der Waals surface area contributed by atoms with Gasteiger partial charge in [0.2, 0.25) is 0 Å². The summed E-state index contributed by atoms with van der Waals surface area (Å²) in [5, 5.41) is 0. The highest BCUT2D eigenvalue weighted by Crippen LogP contribution is 2.21. The van der Waals surface area contributed by atoms with Crippen molar-refractivity contribution in [1.29, 1.82) is 0 Å². The van der Waals surface area contributed by atoms with Crippen molar-refractivity contribution in [3.05, 3.63) is 59.5 Å². The lowest BCUT2D eigenvalue weighted by Crippen LogP contribution is -2.57.